The van der Waals surface area contributed by atoms with Gasteiger partial charge in [-0.05, 0) is 48.9 Å². The Labute approximate surface area is 178 Å². The third-order valence-corrected chi connectivity index (χ3v) is 4.91. The lowest BCUT2D eigenvalue weighted by molar-refractivity contribution is 0.267. The summed E-state index contributed by atoms with van der Waals surface area (Å²) in [7, 11) is 0. The third-order valence-electron chi connectivity index (χ3n) is 4.66. The normalized spacial score (nSPS) is 10.9. The van der Waals surface area contributed by atoms with E-state index in [0.717, 1.165) is 27.8 Å². The highest BCUT2D eigenvalue weighted by Crippen LogP contribution is 2.33. The number of hydrogen-bond acceptors (Lipinski definition) is 4. The van der Waals surface area contributed by atoms with E-state index in [1.165, 1.54) is 0 Å². The Bertz CT molecular complexity index is 1200. The molecule has 154 valence electrons. The first kappa shape index (κ1) is 19.9. The molecule has 4 rings (SSSR count). The Hall–Kier alpha value is -3.38. The summed E-state index contributed by atoms with van der Waals surface area (Å²) < 4.78 is 11.9. The fraction of sp³-hybridized carbons (Fsp3) is 0.174. The standard InChI is InChI=1S/C23H22ClN3O3/c1-2-29-21-5-3-4-16(22(21)30-14-15-6-8-17(24)9-7-15)13-25-18-10-11-19-20(12-18)27-23(28)26-19/h3-12,25H,2,13-14H2,1H3,(H2,26,27,28). The van der Waals surface area contributed by atoms with Crippen LogP contribution >= 0.6 is 11.6 Å². The molecular formula is C23H22ClN3O3. The lowest BCUT2D eigenvalue weighted by Crippen LogP contribution is -2.06. The maximum Gasteiger partial charge on any atom is 0.323 e. The van der Waals surface area contributed by atoms with E-state index < -0.39 is 0 Å². The summed E-state index contributed by atoms with van der Waals surface area (Å²) in [5, 5.41) is 4.08. The van der Waals surface area contributed by atoms with Crippen LogP contribution in [0.15, 0.2) is 65.5 Å². The molecule has 3 N–H and O–H groups in total. The molecule has 0 unspecified atom stereocenters. The van der Waals surface area contributed by atoms with E-state index in [1.807, 2.05) is 67.6 Å². The van der Waals surface area contributed by atoms with Crippen LogP contribution in [-0.4, -0.2) is 16.6 Å². The molecule has 7 heteroatoms. The number of nitrogens with one attached hydrogen (secondary N) is 3. The molecule has 0 saturated heterocycles. The number of fused-ring (bicyclic) bond motifs is 1. The molecule has 0 aliphatic rings. The fourth-order valence-electron chi connectivity index (χ4n) is 3.21. The van der Waals surface area contributed by atoms with Crippen LogP contribution in [0, 0.1) is 0 Å². The van der Waals surface area contributed by atoms with Crippen LogP contribution in [0.2, 0.25) is 5.02 Å². The second-order valence-corrected chi connectivity index (χ2v) is 7.22. The number of ether oxygens (including phenoxy) is 2. The first-order valence-corrected chi connectivity index (χ1v) is 10.1. The van der Waals surface area contributed by atoms with Gasteiger partial charge in [0.05, 0.1) is 17.6 Å². The van der Waals surface area contributed by atoms with Crippen LogP contribution in [0.25, 0.3) is 11.0 Å². The van der Waals surface area contributed by atoms with Gasteiger partial charge in [0.25, 0.3) is 0 Å². The molecule has 1 heterocycles. The number of benzene rings is 3. The van der Waals surface area contributed by atoms with E-state index in [0.29, 0.717) is 36.3 Å². The van der Waals surface area contributed by atoms with Crippen molar-refractivity contribution in [3.8, 4) is 11.5 Å². The van der Waals surface area contributed by atoms with Gasteiger partial charge in [0, 0.05) is 22.8 Å². The van der Waals surface area contributed by atoms with E-state index in [9.17, 15) is 4.79 Å². The topological polar surface area (TPSA) is 79.1 Å². The number of anilines is 1. The number of H-pyrrole nitrogens is 2. The highest BCUT2D eigenvalue weighted by molar-refractivity contribution is 6.30. The molecule has 0 saturated carbocycles. The first-order chi connectivity index (χ1) is 14.6. The lowest BCUT2D eigenvalue weighted by Gasteiger charge is -2.17. The van der Waals surface area contributed by atoms with Crippen molar-refractivity contribution in [2.75, 3.05) is 11.9 Å². The minimum atomic E-state index is -0.218. The molecule has 0 amide bonds. The summed E-state index contributed by atoms with van der Waals surface area (Å²) in [5.41, 5.74) is 4.19. The van der Waals surface area contributed by atoms with Crippen LogP contribution in [0.3, 0.4) is 0 Å². The zero-order valence-electron chi connectivity index (χ0n) is 16.5. The van der Waals surface area contributed by atoms with Gasteiger partial charge >= 0.3 is 5.69 Å². The Balaban J connectivity index is 1.54. The smallest absolute Gasteiger partial charge is 0.323 e. The number of rotatable bonds is 8. The van der Waals surface area contributed by atoms with E-state index in [-0.39, 0.29) is 5.69 Å². The van der Waals surface area contributed by atoms with Crippen molar-refractivity contribution in [2.45, 2.75) is 20.1 Å². The highest BCUT2D eigenvalue weighted by atomic mass is 35.5. The van der Waals surface area contributed by atoms with Crippen LogP contribution in [0.1, 0.15) is 18.1 Å². The van der Waals surface area contributed by atoms with E-state index >= 15 is 0 Å². The van der Waals surface area contributed by atoms with E-state index in [4.69, 9.17) is 21.1 Å². The largest absolute Gasteiger partial charge is 0.490 e. The third kappa shape index (κ3) is 4.60. The maximum absolute atomic E-state index is 11.5. The van der Waals surface area contributed by atoms with Gasteiger partial charge in [-0.1, -0.05) is 35.9 Å². The minimum Gasteiger partial charge on any atom is -0.490 e. The Morgan fingerprint density at radius 2 is 1.77 bits per heavy atom. The van der Waals surface area contributed by atoms with E-state index in [1.54, 1.807) is 0 Å². The summed E-state index contributed by atoms with van der Waals surface area (Å²) in [5.74, 6) is 1.41. The molecule has 1 aromatic heterocycles. The number of para-hydroxylation sites is 1. The van der Waals surface area contributed by atoms with Crippen molar-refractivity contribution in [3.05, 3.63) is 87.3 Å². The van der Waals surface area contributed by atoms with Crippen LogP contribution < -0.4 is 20.5 Å². The predicted octanol–water partition coefficient (Wildman–Crippen LogP) is 5.10. The summed E-state index contributed by atoms with van der Waals surface area (Å²) in [6.45, 7) is 3.44. The molecule has 0 aliphatic heterocycles. The average Bonchev–Trinajstić information content (AvgIpc) is 3.12. The highest BCUT2D eigenvalue weighted by Gasteiger charge is 2.12. The number of aromatic nitrogens is 2. The number of imidazole rings is 1. The molecule has 0 bridgehead atoms. The minimum absolute atomic E-state index is 0.218. The van der Waals surface area contributed by atoms with Crippen LogP contribution in [0.4, 0.5) is 5.69 Å². The van der Waals surface area contributed by atoms with E-state index in [2.05, 4.69) is 15.3 Å². The molecule has 0 spiro atoms. The quantitative estimate of drug-likeness (QED) is 0.368. The summed E-state index contributed by atoms with van der Waals surface area (Å²) in [6, 6.07) is 19.1. The van der Waals surface area contributed by atoms with Crippen molar-refractivity contribution in [1.29, 1.82) is 0 Å². The van der Waals surface area contributed by atoms with Gasteiger partial charge < -0.3 is 24.8 Å². The molecule has 0 radical (unpaired) electrons. The monoisotopic (exact) mass is 423 g/mol. The molecular weight excluding hydrogens is 402 g/mol. The van der Waals surface area contributed by atoms with Crippen molar-refractivity contribution in [2.24, 2.45) is 0 Å². The summed E-state index contributed by atoms with van der Waals surface area (Å²) >= 11 is 5.97. The second-order valence-electron chi connectivity index (χ2n) is 6.79. The molecule has 3 aromatic carbocycles. The predicted molar refractivity (Wildman–Crippen MR) is 120 cm³/mol. The van der Waals surface area contributed by atoms with Gasteiger partial charge in [-0.2, -0.15) is 0 Å². The molecule has 30 heavy (non-hydrogen) atoms. The van der Waals surface area contributed by atoms with Crippen molar-refractivity contribution < 1.29 is 9.47 Å². The fourth-order valence-corrected chi connectivity index (χ4v) is 3.34. The van der Waals surface area contributed by atoms with Gasteiger partial charge in [0.15, 0.2) is 11.5 Å². The van der Waals surface area contributed by atoms with Crippen LogP contribution in [-0.2, 0) is 13.2 Å². The van der Waals surface area contributed by atoms with Gasteiger partial charge in [0.2, 0.25) is 0 Å². The molecule has 6 nitrogen and oxygen atoms in total. The molecule has 0 fully saturated rings. The lowest BCUT2D eigenvalue weighted by atomic mass is 10.1. The Morgan fingerprint density at radius 3 is 2.57 bits per heavy atom. The zero-order valence-corrected chi connectivity index (χ0v) is 17.3. The number of aromatic amines is 2. The van der Waals surface area contributed by atoms with Crippen molar-refractivity contribution >= 4 is 28.3 Å². The first-order valence-electron chi connectivity index (χ1n) is 9.70. The van der Waals surface area contributed by atoms with Gasteiger partial charge in [0.1, 0.15) is 6.61 Å². The number of hydrogen-bond donors (Lipinski definition) is 3. The van der Waals surface area contributed by atoms with Gasteiger partial charge in [-0.25, -0.2) is 4.79 Å². The summed E-state index contributed by atoms with van der Waals surface area (Å²) in [6.07, 6.45) is 0. The van der Waals surface area contributed by atoms with Crippen molar-refractivity contribution in [1.82, 2.24) is 9.97 Å². The number of halogens is 1. The SMILES string of the molecule is CCOc1cccc(CNc2ccc3[nH]c(=O)[nH]c3c2)c1OCc1ccc(Cl)cc1. The Kier molecular flexibility index (Phi) is 5.95. The van der Waals surface area contributed by atoms with Crippen LogP contribution in [0.5, 0.6) is 11.5 Å². The maximum atomic E-state index is 11.5. The van der Waals surface area contributed by atoms with Gasteiger partial charge in [-0.3, -0.25) is 0 Å². The van der Waals surface area contributed by atoms with Crippen molar-refractivity contribution in [3.63, 3.8) is 0 Å². The molecule has 4 aromatic rings. The summed E-state index contributed by atoms with van der Waals surface area (Å²) in [4.78, 5) is 17.0. The second kappa shape index (κ2) is 8.97. The Morgan fingerprint density at radius 1 is 0.967 bits per heavy atom. The molecule has 0 aliphatic carbocycles. The van der Waals surface area contributed by atoms with Gasteiger partial charge in [-0.15, -0.1) is 0 Å². The molecule has 0 atom stereocenters. The zero-order chi connectivity index (χ0) is 20.9. The average molecular weight is 424 g/mol.